The Bertz CT molecular complexity index is 1300. The van der Waals surface area contributed by atoms with E-state index in [1.165, 1.54) is 0 Å². The van der Waals surface area contributed by atoms with Crippen LogP contribution in [0.4, 0.5) is 0 Å². The molecule has 0 fully saturated rings. The van der Waals surface area contributed by atoms with Crippen LogP contribution in [0.15, 0.2) is 36.4 Å². The number of rotatable bonds is 13. The van der Waals surface area contributed by atoms with Crippen molar-refractivity contribution in [1.82, 2.24) is 0 Å². The van der Waals surface area contributed by atoms with Crippen LogP contribution in [0.2, 0.25) is 0 Å². The number of aryl methyl sites for hydroxylation is 2. The van der Waals surface area contributed by atoms with Gasteiger partial charge in [-0.3, -0.25) is 14.4 Å². The largest absolute Gasteiger partial charge is 0.508 e. The lowest BCUT2D eigenvalue weighted by atomic mass is 9.89. The van der Waals surface area contributed by atoms with Gasteiger partial charge in [-0.25, -0.2) is 0 Å². The van der Waals surface area contributed by atoms with Crippen LogP contribution in [0.5, 0.6) is 11.5 Å². The Labute approximate surface area is 229 Å². The molecule has 1 unspecified atom stereocenters. The molecule has 0 bridgehead atoms. The Hall–Kier alpha value is -2.99. The summed E-state index contributed by atoms with van der Waals surface area (Å²) < 4.78 is 6.54. The van der Waals surface area contributed by atoms with Crippen LogP contribution in [-0.4, -0.2) is 22.6 Å². The van der Waals surface area contributed by atoms with Crippen molar-refractivity contribution in [3.63, 3.8) is 0 Å². The number of phenolic OH excluding ortho intramolecular Hbond substituents is 1. The Morgan fingerprint density at radius 1 is 1.03 bits per heavy atom. The summed E-state index contributed by atoms with van der Waals surface area (Å²) in [4.78, 5) is 38.7. The average molecular weight is 535 g/mol. The molecular weight excluding hydrogens is 496 g/mol. The van der Waals surface area contributed by atoms with Crippen molar-refractivity contribution in [3.8, 4) is 11.5 Å². The molecule has 2 heterocycles. The standard InChI is InChI=1S/C32H38O5S/c1-3-4-7-22(12-16-28(35)24-14-13-23-9-6-11-32(36)37-29(23)18-24)8-5-10-25(33)20-31-21(2)27-19-26(34)15-17-30(27)38-31/h13-15,17-19,22,34H,3-12,16,20H2,1-2H3. The van der Waals surface area contributed by atoms with Crippen molar-refractivity contribution >= 4 is 39.0 Å². The Kier molecular flexibility index (Phi) is 9.73. The number of unbranched alkanes of at least 4 members (excludes halogenated alkanes) is 1. The smallest absolute Gasteiger partial charge is 0.311 e. The number of thiophene rings is 1. The van der Waals surface area contributed by atoms with Gasteiger partial charge in [-0.2, -0.15) is 0 Å². The number of ether oxygens (including phenoxy) is 1. The lowest BCUT2D eigenvalue weighted by Crippen LogP contribution is -2.09. The van der Waals surface area contributed by atoms with E-state index in [9.17, 15) is 19.5 Å². The molecule has 1 atom stereocenters. The van der Waals surface area contributed by atoms with Crippen LogP contribution >= 0.6 is 11.3 Å². The van der Waals surface area contributed by atoms with Crippen molar-refractivity contribution in [1.29, 1.82) is 0 Å². The molecular formula is C32H38O5S. The van der Waals surface area contributed by atoms with Crippen LogP contribution in [0.1, 0.15) is 97.5 Å². The van der Waals surface area contributed by atoms with Gasteiger partial charge in [0.25, 0.3) is 0 Å². The quantitative estimate of drug-likeness (QED) is 0.137. The molecule has 6 heteroatoms. The Balaban J connectivity index is 1.28. The zero-order valence-corrected chi connectivity index (χ0v) is 23.3. The van der Waals surface area contributed by atoms with E-state index >= 15 is 0 Å². The van der Waals surface area contributed by atoms with Gasteiger partial charge in [-0.15, -0.1) is 11.3 Å². The first-order valence-electron chi connectivity index (χ1n) is 13.9. The fraction of sp³-hybridized carbons (Fsp3) is 0.469. The molecule has 202 valence electrons. The van der Waals surface area contributed by atoms with Crippen molar-refractivity contribution in [3.05, 3.63) is 58.0 Å². The highest BCUT2D eigenvalue weighted by atomic mass is 32.1. The third-order valence-corrected chi connectivity index (χ3v) is 8.90. The molecule has 1 aliphatic rings. The molecule has 3 aromatic rings. The minimum atomic E-state index is -0.232. The fourth-order valence-corrected chi connectivity index (χ4v) is 6.54. The van der Waals surface area contributed by atoms with E-state index < -0.39 is 0 Å². The molecule has 1 aliphatic heterocycles. The Morgan fingerprint density at radius 2 is 1.84 bits per heavy atom. The number of hydrogen-bond acceptors (Lipinski definition) is 6. The summed E-state index contributed by atoms with van der Waals surface area (Å²) >= 11 is 1.63. The highest BCUT2D eigenvalue weighted by molar-refractivity contribution is 7.19. The minimum Gasteiger partial charge on any atom is -0.508 e. The molecule has 0 aliphatic carbocycles. The summed E-state index contributed by atoms with van der Waals surface area (Å²) in [5.74, 6) is 1.29. The van der Waals surface area contributed by atoms with Gasteiger partial charge >= 0.3 is 5.97 Å². The monoisotopic (exact) mass is 534 g/mol. The van der Waals surface area contributed by atoms with E-state index in [1.807, 2.05) is 25.1 Å². The Morgan fingerprint density at radius 3 is 2.66 bits per heavy atom. The SMILES string of the molecule is CCCCC(CCCC(=O)Cc1sc2ccc(O)cc2c1C)CCC(=O)c1ccc2c(c1)OC(=O)CCC2. The highest BCUT2D eigenvalue weighted by Gasteiger charge is 2.19. The highest BCUT2D eigenvalue weighted by Crippen LogP contribution is 2.34. The van der Waals surface area contributed by atoms with Gasteiger partial charge in [0.1, 0.15) is 17.3 Å². The van der Waals surface area contributed by atoms with Crippen molar-refractivity contribution < 1.29 is 24.2 Å². The van der Waals surface area contributed by atoms with Gasteiger partial charge in [-0.1, -0.05) is 44.7 Å². The number of Topliss-reactive ketones (excluding diaryl/α,β-unsaturated/α-hetero) is 2. The number of aromatic hydroxyl groups is 1. The zero-order chi connectivity index (χ0) is 27.1. The van der Waals surface area contributed by atoms with Crippen LogP contribution in [-0.2, 0) is 22.4 Å². The number of phenols is 1. The number of hydrogen-bond donors (Lipinski definition) is 1. The van der Waals surface area contributed by atoms with E-state index in [0.717, 1.165) is 77.5 Å². The molecule has 1 N–H and O–H groups in total. The normalized spacial score (nSPS) is 14.1. The average Bonchev–Trinajstić information content (AvgIpc) is 3.06. The number of carbonyl (C=O) groups is 3. The lowest BCUT2D eigenvalue weighted by Gasteiger charge is -2.16. The first kappa shape index (κ1) is 28.0. The third-order valence-electron chi connectivity index (χ3n) is 7.63. The molecule has 1 aromatic heterocycles. The molecule has 0 saturated carbocycles. The molecule has 0 radical (unpaired) electrons. The predicted molar refractivity (Wildman–Crippen MR) is 152 cm³/mol. The first-order valence-corrected chi connectivity index (χ1v) is 14.7. The molecule has 0 amide bonds. The van der Waals surface area contributed by atoms with Gasteiger partial charge < -0.3 is 9.84 Å². The van der Waals surface area contributed by atoms with Crippen LogP contribution in [0.25, 0.3) is 10.1 Å². The van der Waals surface area contributed by atoms with Gasteiger partial charge in [0.05, 0.1) is 0 Å². The van der Waals surface area contributed by atoms with Crippen LogP contribution in [0, 0.1) is 12.8 Å². The van der Waals surface area contributed by atoms with Gasteiger partial charge in [0, 0.05) is 40.8 Å². The van der Waals surface area contributed by atoms with E-state index in [-0.39, 0.29) is 23.3 Å². The number of esters is 1. The van der Waals surface area contributed by atoms with E-state index in [0.29, 0.717) is 42.9 Å². The molecule has 38 heavy (non-hydrogen) atoms. The van der Waals surface area contributed by atoms with Crippen LogP contribution in [0.3, 0.4) is 0 Å². The summed E-state index contributed by atoms with van der Waals surface area (Å²) in [6.07, 6.45) is 9.31. The molecule has 2 aromatic carbocycles. The number of carbonyl (C=O) groups excluding carboxylic acids is 3. The van der Waals surface area contributed by atoms with E-state index in [4.69, 9.17) is 4.74 Å². The number of fused-ring (bicyclic) bond motifs is 2. The zero-order valence-electron chi connectivity index (χ0n) is 22.5. The van der Waals surface area contributed by atoms with Crippen molar-refractivity contribution in [2.45, 2.75) is 90.9 Å². The maximum Gasteiger partial charge on any atom is 0.311 e. The fourth-order valence-electron chi connectivity index (χ4n) is 5.32. The first-order chi connectivity index (χ1) is 18.3. The molecule has 0 spiro atoms. The topological polar surface area (TPSA) is 80.7 Å². The van der Waals surface area contributed by atoms with Crippen molar-refractivity contribution in [2.75, 3.05) is 0 Å². The maximum absolute atomic E-state index is 13.0. The van der Waals surface area contributed by atoms with E-state index in [1.54, 1.807) is 29.5 Å². The number of ketones is 2. The second kappa shape index (κ2) is 13.2. The summed E-state index contributed by atoms with van der Waals surface area (Å²) in [6.45, 7) is 4.20. The van der Waals surface area contributed by atoms with E-state index in [2.05, 4.69) is 6.92 Å². The minimum absolute atomic E-state index is 0.0805. The predicted octanol–water partition coefficient (Wildman–Crippen LogP) is 7.91. The maximum atomic E-state index is 13.0. The summed E-state index contributed by atoms with van der Waals surface area (Å²) in [7, 11) is 0. The number of benzene rings is 2. The summed E-state index contributed by atoms with van der Waals surface area (Å²) in [5, 5.41) is 10.8. The molecule has 0 saturated heterocycles. The lowest BCUT2D eigenvalue weighted by molar-refractivity contribution is -0.134. The summed E-state index contributed by atoms with van der Waals surface area (Å²) in [5.41, 5.74) is 2.68. The van der Waals surface area contributed by atoms with Gasteiger partial charge in [0.2, 0.25) is 0 Å². The second-order valence-electron chi connectivity index (χ2n) is 10.6. The van der Waals surface area contributed by atoms with Gasteiger partial charge in [-0.05, 0) is 79.3 Å². The molecule has 4 rings (SSSR count). The van der Waals surface area contributed by atoms with Gasteiger partial charge in [0.15, 0.2) is 5.78 Å². The third kappa shape index (κ3) is 7.31. The van der Waals surface area contributed by atoms with Crippen molar-refractivity contribution in [2.24, 2.45) is 5.92 Å². The second-order valence-corrected chi connectivity index (χ2v) is 11.7. The summed E-state index contributed by atoms with van der Waals surface area (Å²) in [6, 6.07) is 10.9. The van der Waals surface area contributed by atoms with Crippen LogP contribution < -0.4 is 4.74 Å². The molecule has 5 nitrogen and oxygen atoms in total.